The van der Waals surface area contributed by atoms with Crippen molar-refractivity contribution in [3.05, 3.63) is 53.2 Å². The number of pyridine rings is 1. The van der Waals surface area contributed by atoms with Crippen molar-refractivity contribution in [2.75, 3.05) is 31.7 Å². The Balaban J connectivity index is 1.80. The smallest absolute Gasteiger partial charge is 0.221 e. The van der Waals surface area contributed by atoms with Crippen LogP contribution in [0, 0.1) is 0 Å². The van der Waals surface area contributed by atoms with E-state index in [1.54, 1.807) is 6.20 Å². The summed E-state index contributed by atoms with van der Waals surface area (Å²) in [5, 5.41) is 14.3. The third-order valence-electron chi connectivity index (χ3n) is 6.95. The van der Waals surface area contributed by atoms with Gasteiger partial charge in [0.15, 0.2) is 11.5 Å². The number of nitrogens with one attached hydrogen (secondary N) is 1. The second kappa shape index (κ2) is 12.3. The summed E-state index contributed by atoms with van der Waals surface area (Å²) in [6, 6.07) is 10.3. The Morgan fingerprint density at radius 2 is 1.92 bits per heavy atom. The Hall–Kier alpha value is -3.36. The highest BCUT2D eigenvalue weighted by Crippen LogP contribution is 2.38. The number of carbonyl (C=O) groups is 1. The molecule has 2 heterocycles. The van der Waals surface area contributed by atoms with Gasteiger partial charge in [-0.25, -0.2) is 0 Å². The fraction of sp³-hybridized carbons (Fsp3) is 0.448. The van der Waals surface area contributed by atoms with Crippen LogP contribution in [0.5, 0.6) is 11.5 Å². The number of benzene rings is 2. The summed E-state index contributed by atoms with van der Waals surface area (Å²) in [5.74, 6) is 0.846. The molecule has 0 radical (unpaired) electrons. The normalized spacial score (nSPS) is 15.7. The molecule has 0 aliphatic carbocycles. The first-order valence-corrected chi connectivity index (χ1v) is 13.2. The van der Waals surface area contributed by atoms with Gasteiger partial charge >= 0.3 is 0 Å². The van der Waals surface area contributed by atoms with Crippen LogP contribution in [0.4, 0.5) is 11.4 Å². The molecule has 2 aromatic carbocycles. The van der Waals surface area contributed by atoms with E-state index in [1.165, 1.54) is 11.1 Å². The highest BCUT2D eigenvalue weighted by molar-refractivity contribution is 5.98. The first-order valence-electron chi connectivity index (χ1n) is 13.2. The number of hydrogen-bond acceptors (Lipinski definition) is 7. The highest BCUT2D eigenvalue weighted by atomic mass is 16.5. The second-order valence-electron chi connectivity index (χ2n) is 9.35. The summed E-state index contributed by atoms with van der Waals surface area (Å²) in [5.41, 5.74) is 11.3. The van der Waals surface area contributed by atoms with E-state index in [2.05, 4.69) is 40.3 Å². The van der Waals surface area contributed by atoms with Crippen LogP contribution < -0.4 is 20.5 Å². The molecule has 4 N–H and O–H groups in total. The largest absolute Gasteiger partial charge is 0.490 e. The molecule has 1 aromatic heterocycles. The Bertz CT molecular complexity index is 1250. The summed E-state index contributed by atoms with van der Waals surface area (Å²) in [4.78, 5) is 18.9. The van der Waals surface area contributed by atoms with Crippen LogP contribution >= 0.6 is 0 Å². The summed E-state index contributed by atoms with van der Waals surface area (Å²) >= 11 is 0. The number of rotatable bonds is 12. The van der Waals surface area contributed by atoms with Crippen LogP contribution in [-0.2, 0) is 24.2 Å². The number of aliphatic hydroxyl groups excluding tert-OH is 1. The number of aromatic nitrogens is 1. The molecule has 3 aromatic rings. The molecule has 0 spiro atoms. The van der Waals surface area contributed by atoms with Crippen molar-refractivity contribution >= 4 is 28.2 Å². The molecule has 0 unspecified atom stereocenters. The quantitative estimate of drug-likeness (QED) is 0.336. The number of nitrogens with zero attached hydrogens (tertiary/aromatic N) is 2. The number of carbonyl (C=O) groups excluding carboxylic acids is 1. The van der Waals surface area contributed by atoms with Gasteiger partial charge in [0.2, 0.25) is 5.91 Å². The average molecular weight is 507 g/mol. The van der Waals surface area contributed by atoms with Gasteiger partial charge in [-0.15, -0.1) is 0 Å². The monoisotopic (exact) mass is 506 g/mol. The van der Waals surface area contributed by atoms with Crippen LogP contribution in [-0.4, -0.2) is 53.3 Å². The lowest BCUT2D eigenvalue weighted by Crippen LogP contribution is -2.32. The number of anilines is 2. The molecule has 37 heavy (non-hydrogen) atoms. The van der Waals surface area contributed by atoms with Crippen LogP contribution in [0.3, 0.4) is 0 Å². The second-order valence-corrected chi connectivity index (χ2v) is 9.35. The van der Waals surface area contributed by atoms with E-state index in [-0.39, 0.29) is 19.1 Å². The molecule has 0 bridgehead atoms. The Kier molecular flexibility index (Phi) is 8.84. The molecule has 0 saturated carbocycles. The lowest BCUT2D eigenvalue weighted by Gasteiger charge is -2.25. The fourth-order valence-electron chi connectivity index (χ4n) is 5.23. The first kappa shape index (κ1) is 26.7. The Labute approximate surface area is 218 Å². The first-order chi connectivity index (χ1) is 18.0. The number of fused-ring (bicyclic) bond motifs is 1. The minimum atomic E-state index is -0.422. The van der Waals surface area contributed by atoms with Crippen molar-refractivity contribution in [1.82, 2.24) is 9.88 Å². The molecule has 1 amide bonds. The van der Waals surface area contributed by atoms with Crippen molar-refractivity contribution in [1.29, 1.82) is 0 Å². The number of nitrogens with two attached hydrogens (primary N) is 1. The van der Waals surface area contributed by atoms with E-state index in [0.717, 1.165) is 60.2 Å². The van der Waals surface area contributed by atoms with Gasteiger partial charge in [0, 0.05) is 41.5 Å². The summed E-state index contributed by atoms with van der Waals surface area (Å²) < 4.78 is 11.7. The van der Waals surface area contributed by atoms with Gasteiger partial charge in [-0.05, 0) is 62.9 Å². The van der Waals surface area contributed by atoms with Gasteiger partial charge in [-0.3, -0.25) is 14.7 Å². The van der Waals surface area contributed by atoms with E-state index in [0.29, 0.717) is 24.7 Å². The lowest BCUT2D eigenvalue weighted by molar-refractivity contribution is -0.117. The summed E-state index contributed by atoms with van der Waals surface area (Å²) in [6.07, 6.45) is 4.74. The minimum Gasteiger partial charge on any atom is -0.490 e. The standard InChI is InChI=1S/C29H38N4O4/c1-4-22-19(17-33-12-8-10-21(33)18-34)9-7-11-24(22)32-29-20(13-28(30)35)16-31-25-15-27(37-6-3)26(36-5-2)14-23(25)29/h7,9,11,14-16,21,34H,4-6,8,10,12-13,17-18H2,1-3H3,(H2,30,35)(H,31,32)/t21-/m1/s1. The molecule has 1 aliphatic heterocycles. The summed E-state index contributed by atoms with van der Waals surface area (Å²) in [7, 11) is 0. The average Bonchev–Trinajstić information content (AvgIpc) is 3.33. The third kappa shape index (κ3) is 5.97. The van der Waals surface area contributed by atoms with Gasteiger partial charge in [-0.1, -0.05) is 19.1 Å². The van der Waals surface area contributed by atoms with Gasteiger partial charge in [0.1, 0.15) is 0 Å². The maximum absolute atomic E-state index is 11.9. The van der Waals surface area contributed by atoms with Crippen LogP contribution in [0.15, 0.2) is 36.5 Å². The molecule has 1 atom stereocenters. The molecular weight excluding hydrogens is 468 g/mol. The molecule has 8 heteroatoms. The van der Waals surface area contributed by atoms with E-state index in [1.807, 2.05) is 26.0 Å². The van der Waals surface area contributed by atoms with Crippen molar-refractivity contribution in [3.63, 3.8) is 0 Å². The fourth-order valence-corrected chi connectivity index (χ4v) is 5.23. The van der Waals surface area contributed by atoms with E-state index in [9.17, 15) is 9.90 Å². The van der Waals surface area contributed by atoms with Crippen molar-refractivity contribution < 1.29 is 19.4 Å². The molecule has 1 fully saturated rings. The van der Waals surface area contributed by atoms with Crippen LogP contribution in [0.2, 0.25) is 0 Å². The molecule has 198 valence electrons. The lowest BCUT2D eigenvalue weighted by atomic mass is 10.00. The van der Waals surface area contributed by atoms with Gasteiger partial charge in [-0.2, -0.15) is 0 Å². The summed E-state index contributed by atoms with van der Waals surface area (Å²) in [6.45, 7) is 8.99. The maximum atomic E-state index is 11.9. The molecule has 8 nitrogen and oxygen atoms in total. The minimum absolute atomic E-state index is 0.0650. The van der Waals surface area contributed by atoms with Gasteiger partial charge in [0.05, 0.1) is 37.4 Å². The number of primary amides is 1. The maximum Gasteiger partial charge on any atom is 0.221 e. The topological polar surface area (TPSA) is 110 Å². The SMILES string of the molecule is CCOc1cc2ncc(CC(N)=O)c(Nc3cccc(CN4CCC[C@@H]4CO)c3CC)c2cc1OCC. The van der Waals surface area contributed by atoms with E-state index < -0.39 is 5.91 Å². The van der Waals surface area contributed by atoms with Gasteiger partial charge in [0.25, 0.3) is 0 Å². The van der Waals surface area contributed by atoms with Crippen molar-refractivity contribution in [2.45, 2.75) is 59.0 Å². The van der Waals surface area contributed by atoms with Crippen LogP contribution in [0.1, 0.15) is 50.3 Å². The predicted molar refractivity (Wildman–Crippen MR) is 147 cm³/mol. The van der Waals surface area contributed by atoms with Crippen LogP contribution in [0.25, 0.3) is 10.9 Å². The number of hydrogen-bond donors (Lipinski definition) is 3. The number of ether oxygens (including phenoxy) is 2. The van der Waals surface area contributed by atoms with E-state index in [4.69, 9.17) is 15.2 Å². The molecule has 4 rings (SSSR count). The van der Waals surface area contributed by atoms with Crippen molar-refractivity contribution in [3.8, 4) is 11.5 Å². The zero-order valence-electron chi connectivity index (χ0n) is 22.0. The number of likely N-dealkylation sites (tertiary alicyclic amines) is 1. The third-order valence-corrected chi connectivity index (χ3v) is 6.95. The molecule has 1 saturated heterocycles. The molecule has 1 aliphatic rings. The van der Waals surface area contributed by atoms with Crippen molar-refractivity contribution in [2.24, 2.45) is 5.73 Å². The zero-order valence-corrected chi connectivity index (χ0v) is 22.0. The Morgan fingerprint density at radius 3 is 2.59 bits per heavy atom. The Morgan fingerprint density at radius 1 is 1.16 bits per heavy atom. The van der Waals surface area contributed by atoms with Gasteiger partial charge < -0.3 is 25.6 Å². The molecular formula is C29H38N4O4. The number of amides is 1. The highest BCUT2D eigenvalue weighted by Gasteiger charge is 2.25. The zero-order chi connectivity index (χ0) is 26.4. The number of aliphatic hydroxyl groups is 1. The predicted octanol–water partition coefficient (Wildman–Crippen LogP) is 4.32. The van der Waals surface area contributed by atoms with E-state index >= 15 is 0 Å².